The molecule has 1 aromatic heterocycles. The SMILES string of the molecule is CCc1ccc(OCCn2c(C(C)NC(=O)c3cccc(Cl)c3)nc3ccccc32)cc1. The number of para-hydroxylation sites is 2. The van der Waals surface area contributed by atoms with Crippen molar-refractivity contribution in [1.82, 2.24) is 14.9 Å². The molecule has 1 N–H and O–H groups in total. The van der Waals surface area contributed by atoms with Gasteiger partial charge in [-0.25, -0.2) is 4.98 Å². The average Bonchev–Trinajstić information content (AvgIpc) is 3.18. The molecule has 0 fully saturated rings. The Morgan fingerprint density at radius 1 is 1.09 bits per heavy atom. The molecule has 3 aromatic carbocycles. The van der Waals surface area contributed by atoms with Crippen molar-refractivity contribution in [2.24, 2.45) is 0 Å². The largest absolute Gasteiger partial charge is 0.492 e. The van der Waals surface area contributed by atoms with Gasteiger partial charge >= 0.3 is 0 Å². The van der Waals surface area contributed by atoms with Crippen LogP contribution in [-0.4, -0.2) is 22.1 Å². The lowest BCUT2D eigenvalue weighted by Gasteiger charge is -2.17. The number of hydrogen-bond acceptors (Lipinski definition) is 3. The Balaban J connectivity index is 1.52. The predicted molar refractivity (Wildman–Crippen MR) is 128 cm³/mol. The van der Waals surface area contributed by atoms with E-state index in [1.165, 1.54) is 5.56 Å². The number of amides is 1. The van der Waals surface area contributed by atoms with Crippen molar-refractivity contribution in [2.45, 2.75) is 32.9 Å². The van der Waals surface area contributed by atoms with Crippen LogP contribution in [-0.2, 0) is 13.0 Å². The number of hydrogen-bond donors (Lipinski definition) is 1. The third-order valence-electron chi connectivity index (χ3n) is 5.42. The van der Waals surface area contributed by atoms with E-state index in [0.717, 1.165) is 29.0 Å². The normalized spacial score (nSPS) is 12.0. The van der Waals surface area contributed by atoms with Crippen LogP contribution in [0.15, 0.2) is 72.8 Å². The number of ether oxygens (including phenoxy) is 1. The number of carbonyl (C=O) groups is 1. The highest BCUT2D eigenvalue weighted by Crippen LogP contribution is 2.22. The van der Waals surface area contributed by atoms with E-state index >= 15 is 0 Å². The number of aryl methyl sites for hydroxylation is 1. The van der Waals surface area contributed by atoms with Crippen molar-refractivity contribution >= 4 is 28.5 Å². The Hall–Kier alpha value is -3.31. The first-order valence-electron chi connectivity index (χ1n) is 10.8. The highest BCUT2D eigenvalue weighted by atomic mass is 35.5. The molecule has 4 rings (SSSR count). The summed E-state index contributed by atoms with van der Waals surface area (Å²) in [6.07, 6.45) is 1.00. The van der Waals surface area contributed by atoms with E-state index in [1.54, 1.807) is 24.3 Å². The number of fused-ring (bicyclic) bond motifs is 1. The average molecular weight is 448 g/mol. The topological polar surface area (TPSA) is 56.1 Å². The first-order valence-corrected chi connectivity index (χ1v) is 11.2. The number of aromatic nitrogens is 2. The lowest BCUT2D eigenvalue weighted by molar-refractivity contribution is 0.0937. The van der Waals surface area contributed by atoms with E-state index < -0.39 is 0 Å². The molecule has 0 spiro atoms. The van der Waals surface area contributed by atoms with E-state index in [-0.39, 0.29) is 11.9 Å². The van der Waals surface area contributed by atoms with Gasteiger partial charge in [-0.1, -0.05) is 48.9 Å². The molecular formula is C26H26ClN3O2. The summed E-state index contributed by atoms with van der Waals surface area (Å²) in [6, 6.07) is 22.8. The maximum Gasteiger partial charge on any atom is 0.251 e. The summed E-state index contributed by atoms with van der Waals surface area (Å²) < 4.78 is 8.09. The molecule has 1 heterocycles. The minimum absolute atomic E-state index is 0.189. The molecule has 0 aliphatic rings. The van der Waals surface area contributed by atoms with Crippen molar-refractivity contribution in [3.05, 3.63) is 94.8 Å². The number of nitrogens with zero attached hydrogens (tertiary/aromatic N) is 2. The van der Waals surface area contributed by atoms with Crippen LogP contribution in [0.5, 0.6) is 5.75 Å². The number of carbonyl (C=O) groups excluding carboxylic acids is 1. The molecule has 5 nitrogen and oxygen atoms in total. The third kappa shape index (κ3) is 4.94. The number of rotatable bonds is 8. The van der Waals surface area contributed by atoms with Crippen LogP contribution in [0, 0.1) is 0 Å². The van der Waals surface area contributed by atoms with Crippen LogP contribution >= 0.6 is 11.6 Å². The van der Waals surface area contributed by atoms with E-state index in [4.69, 9.17) is 21.3 Å². The van der Waals surface area contributed by atoms with Crippen LogP contribution in [0.2, 0.25) is 5.02 Å². The zero-order valence-corrected chi connectivity index (χ0v) is 19.0. The maximum atomic E-state index is 12.7. The van der Waals surface area contributed by atoms with Gasteiger partial charge in [0, 0.05) is 10.6 Å². The van der Waals surface area contributed by atoms with Crippen LogP contribution < -0.4 is 10.1 Å². The highest BCUT2D eigenvalue weighted by Gasteiger charge is 2.19. The second kappa shape index (κ2) is 9.88. The van der Waals surface area contributed by atoms with Gasteiger partial charge in [0.25, 0.3) is 5.91 Å². The van der Waals surface area contributed by atoms with E-state index in [9.17, 15) is 4.79 Å². The van der Waals surface area contributed by atoms with Crippen molar-refractivity contribution in [3.63, 3.8) is 0 Å². The summed E-state index contributed by atoms with van der Waals surface area (Å²) in [5.74, 6) is 1.44. The van der Waals surface area contributed by atoms with Gasteiger partial charge in [-0.15, -0.1) is 0 Å². The molecule has 32 heavy (non-hydrogen) atoms. The standard InChI is InChI=1S/C26H26ClN3O2/c1-3-19-11-13-22(14-12-19)32-16-15-30-24-10-5-4-9-23(24)29-25(30)18(2)28-26(31)20-7-6-8-21(27)17-20/h4-14,17-18H,3,15-16H2,1-2H3,(H,28,31). The quantitative estimate of drug-likeness (QED) is 0.370. The Bertz CT molecular complexity index is 1220. The molecule has 6 heteroatoms. The summed E-state index contributed by atoms with van der Waals surface area (Å²) in [5.41, 5.74) is 3.70. The fourth-order valence-electron chi connectivity index (χ4n) is 3.71. The smallest absolute Gasteiger partial charge is 0.251 e. The molecular weight excluding hydrogens is 422 g/mol. The molecule has 1 amide bonds. The molecule has 0 saturated heterocycles. The Morgan fingerprint density at radius 2 is 1.88 bits per heavy atom. The predicted octanol–water partition coefficient (Wildman–Crippen LogP) is 5.82. The number of benzene rings is 3. The Morgan fingerprint density at radius 3 is 2.62 bits per heavy atom. The monoisotopic (exact) mass is 447 g/mol. The molecule has 164 valence electrons. The first kappa shape index (κ1) is 21.9. The summed E-state index contributed by atoms with van der Waals surface area (Å²) >= 11 is 6.04. The zero-order chi connectivity index (χ0) is 22.5. The van der Waals surface area contributed by atoms with Gasteiger partial charge in [-0.3, -0.25) is 4.79 Å². The minimum atomic E-state index is -0.294. The lowest BCUT2D eigenvalue weighted by atomic mass is 10.2. The van der Waals surface area contributed by atoms with Crippen molar-refractivity contribution in [3.8, 4) is 5.75 Å². The molecule has 0 radical (unpaired) electrons. The van der Waals surface area contributed by atoms with Crippen LogP contribution in [0.1, 0.15) is 41.6 Å². The summed E-state index contributed by atoms with van der Waals surface area (Å²) in [7, 11) is 0. The molecule has 0 aliphatic carbocycles. The van der Waals surface area contributed by atoms with Crippen LogP contribution in [0.3, 0.4) is 0 Å². The van der Waals surface area contributed by atoms with Crippen LogP contribution in [0.25, 0.3) is 11.0 Å². The summed E-state index contributed by atoms with van der Waals surface area (Å²) in [4.78, 5) is 17.5. The number of nitrogens with one attached hydrogen (secondary N) is 1. The third-order valence-corrected chi connectivity index (χ3v) is 5.66. The van der Waals surface area contributed by atoms with Crippen molar-refractivity contribution < 1.29 is 9.53 Å². The van der Waals surface area contributed by atoms with E-state index in [1.807, 2.05) is 43.3 Å². The van der Waals surface area contributed by atoms with Gasteiger partial charge in [0.1, 0.15) is 18.2 Å². The number of halogens is 1. The number of imidazole rings is 1. The molecule has 1 atom stereocenters. The molecule has 0 saturated carbocycles. The summed E-state index contributed by atoms with van der Waals surface area (Å²) in [6.45, 7) is 5.18. The van der Waals surface area contributed by atoms with Gasteiger partial charge in [-0.05, 0) is 61.4 Å². The van der Waals surface area contributed by atoms with Gasteiger partial charge < -0.3 is 14.6 Å². The molecule has 0 aliphatic heterocycles. The van der Waals surface area contributed by atoms with E-state index in [0.29, 0.717) is 23.7 Å². The highest BCUT2D eigenvalue weighted by molar-refractivity contribution is 6.30. The van der Waals surface area contributed by atoms with Gasteiger partial charge in [0.15, 0.2) is 0 Å². The zero-order valence-electron chi connectivity index (χ0n) is 18.2. The van der Waals surface area contributed by atoms with E-state index in [2.05, 4.69) is 28.9 Å². The van der Waals surface area contributed by atoms with Gasteiger partial charge in [-0.2, -0.15) is 0 Å². The molecule has 0 bridgehead atoms. The second-order valence-corrected chi connectivity index (χ2v) is 8.10. The van der Waals surface area contributed by atoms with Crippen molar-refractivity contribution in [2.75, 3.05) is 6.61 Å². The second-order valence-electron chi connectivity index (χ2n) is 7.66. The lowest BCUT2D eigenvalue weighted by Crippen LogP contribution is -2.29. The fraction of sp³-hybridized carbons (Fsp3) is 0.231. The Kier molecular flexibility index (Phi) is 6.76. The minimum Gasteiger partial charge on any atom is -0.492 e. The maximum absolute atomic E-state index is 12.7. The first-order chi connectivity index (χ1) is 15.5. The van der Waals surface area contributed by atoms with Crippen molar-refractivity contribution in [1.29, 1.82) is 0 Å². The molecule has 1 unspecified atom stereocenters. The fourth-order valence-corrected chi connectivity index (χ4v) is 3.90. The van der Waals surface area contributed by atoms with Gasteiger partial charge in [0.2, 0.25) is 0 Å². The summed E-state index contributed by atoms with van der Waals surface area (Å²) in [5, 5.41) is 3.57. The Labute approximate surface area is 193 Å². The molecule has 4 aromatic rings. The van der Waals surface area contributed by atoms with Crippen LogP contribution in [0.4, 0.5) is 0 Å². The van der Waals surface area contributed by atoms with Gasteiger partial charge in [0.05, 0.1) is 23.6 Å².